The fourth-order valence-electron chi connectivity index (χ4n) is 10.1. The quantitative estimate of drug-likeness (QED) is 0.0418. The Bertz CT molecular complexity index is 3170. The maximum atomic E-state index is 13.9. The van der Waals surface area contributed by atoms with E-state index < -0.39 is 30.1 Å². The number of hydrogen-bond acceptors (Lipinski definition) is 15. The highest BCUT2D eigenvalue weighted by Gasteiger charge is 2.36. The highest BCUT2D eigenvalue weighted by Crippen LogP contribution is 2.45. The number of aliphatic hydroxyl groups is 1. The molecule has 6 amide bonds. The summed E-state index contributed by atoms with van der Waals surface area (Å²) in [7, 11) is 4.69. The number of ether oxygens (including phenoxy) is 5. The average Bonchev–Trinajstić information content (AvgIpc) is 4.15. The molecular formula is C60H66N8O12. The minimum Gasteiger partial charge on any atom is -0.497 e. The number of imide groups is 1. The van der Waals surface area contributed by atoms with Gasteiger partial charge in [0.1, 0.15) is 17.8 Å². The van der Waals surface area contributed by atoms with Crippen molar-refractivity contribution in [3.05, 3.63) is 120 Å². The van der Waals surface area contributed by atoms with Gasteiger partial charge in [-0.2, -0.15) is 0 Å². The van der Waals surface area contributed by atoms with E-state index in [1.807, 2.05) is 53.7 Å². The van der Waals surface area contributed by atoms with Crippen LogP contribution in [0.4, 0.5) is 17.1 Å². The van der Waals surface area contributed by atoms with Crippen LogP contribution in [0.5, 0.6) is 28.7 Å². The molecular weight excluding hydrogens is 1020 g/mol. The summed E-state index contributed by atoms with van der Waals surface area (Å²) in [5.74, 6) is 0.149. The standard InChI is InChI=1S/C60H66N8O12/c1-35(2)56(65-53(69)11-8-7-9-22-66-54(70)20-21-55(66)71)58(73)63-36(3)57(72)64-41-16-12-37(13-17-41)39-25-42-31-61-47-29-51(49(77-5)27-45(47)59(74)67(42)33-39)79-23-10-24-80-52-30-48-46(28-50(52)78-6)60(75)68-34-40(26-43(68)32-62-48)38-14-18-44(76-4)19-15-38/h12-21,27-36,42-43,56,59,74H,7-11,22-26H2,1-6H3,(H,63,73)(H,64,72)(H,65,69)/t36-,42-,43-,56-,59?/m0/s1. The zero-order valence-electron chi connectivity index (χ0n) is 45.6. The number of rotatable bonds is 23. The number of carbonyl (C=O) groups is 6. The van der Waals surface area contributed by atoms with E-state index in [4.69, 9.17) is 33.7 Å². The number of aliphatic imine (C=N–C) groups is 2. The molecule has 5 atom stereocenters. The topological polar surface area (TPSA) is 239 Å². The summed E-state index contributed by atoms with van der Waals surface area (Å²) in [6.07, 6.45) is 12.4. The number of unbranched alkanes of at least 4 members (excludes halogenated alkanes) is 2. The van der Waals surface area contributed by atoms with Crippen molar-refractivity contribution in [2.24, 2.45) is 15.9 Å². The predicted molar refractivity (Wildman–Crippen MR) is 300 cm³/mol. The lowest BCUT2D eigenvalue weighted by Gasteiger charge is -2.27. The van der Waals surface area contributed by atoms with Gasteiger partial charge in [0.15, 0.2) is 29.2 Å². The Hall–Kier alpha value is -8.78. The summed E-state index contributed by atoms with van der Waals surface area (Å²) in [4.78, 5) is 90.9. The molecule has 4 aromatic carbocycles. The van der Waals surface area contributed by atoms with Crippen molar-refractivity contribution >= 4 is 76.1 Å². The maximum absolute atomic E-state index is 13.9. The molecule has 5 heterocycles. The van der Waals surface area contributed by atoms with Crippen molar-refractivity contribution in [2.45, 2.75) is 96.1 Å². The number of hydrogen-bond donors (Lipinski definition) is 4. The third-order valence-electron chi connectivity index (χ3n) is 14.6. The zero-order chi connectivity index (χ0) is 56.6. The third-order valence-corrected chi connectivity index (χ3v) is 14.6. The lowest BCUT2D eigenvalue weighted by Crippen LogP contribution is -2.53. The van der Waals surface area contributed by atoms with Crippen molar-refractivity contribution in [3.63, 3.8) is 0 Å². The Kier molecular flexibility index (Phi) is 17.4. The van der Waals surface area contributed by atoms with Crippen molar-refractivity contribution in [2.75, 3.05) is 46.4 Å². The third kappa shape index (κ3) is 12.5. The molecule has 0 saturated heterocycles. The highest BCUT2D eigenvalue weighted by molar-refractivity contribution is 6.13. The largest absolute Gasteiger partial charge is 0.497 e. The van der Waals surface area contributed by atoms with E-state index in [1.165, 1.54) is 31.3 Å². The fraction of sp³-hybridized carbons (Fsp3) is 0.367. The van der Waals surface area contributed by atoms with Crippen LogP contribution in [0, 0.1) is 5.92 Å². The van der Waals surface area contributed by atoms with Crippen LogP contribution in [-0.4, -0.2) is 133 Å². The van der Waals surface area contributed by atoms with Crippen LogP contribution in [0.2, 0.25) is 0 Å². The number of anilines is 1. The van der Waals surface area contributed by atoms with Gasteiger partial charge in [0.2, 0.25) is 17.7 Å². The van der Waals surface area contributed by atoms with Crippen LogP contribution in [0.1, 0.15) is 99.0 Å². The van der Waals surface area contributed by atoms with E-state index in [9.17, 15) is 33.9 Å². The molecule has 80 heavy (non-hydrogen) atoms. The molecule has 0 fully saturated rings. The number of amides is 6. The first-order chi connectivity index (χ1) is 38.6. The van der Waals surface area contributed by atoms with Gasteiger partial charge >= 0.3 is 0 Å². The second-order valence-electron chi connectivity index (χ2n) is 20.4. The number of fused-ring (bicyclic) bond motifs is 4. The smallest absolute Gasteiger partial charge is 0.260 e. The molecule has 0 aromatic heterocycles. The molecule has 0 aliphatic carbocycles. The van der Waals surface area contributed by atoms with Gasteiger partial charge in [-0.15, -0.1) is 0 Å². The van der Waals surface area contributed by atoms with Crippen LogP contribution in [0.3, 0.4) is 0 Å². The number of aliphatic hydroxyl groups excluding tert-OH is 1. The molecule has 5 aliphatic rings. The van der Waals surface area contributed by atoms with Gasteiger partial charge < -0.3 is 54.5 Å². The van der Waals surface area contributed by atoms with E-state index in [0.29, 0.717) is 89.7 Å². The average molecular weight is 1090 g/mol. The minimum absolute atomic E-state index is 0.167. The van der Waals surface area contributed by atoms with Crippen molar-refractivity contribution in [1.82, 2.24) is 25.3 Å². The lowest BCUT2D eigenvalue weighted by atomic mass is 10.0. The second-order valence-corrected chi connectivity index (χ2v) is 20.4. The Balaban J connectivity index is 0.739. The van der Waals surface area contributed by atoms with Gasteiger partial charge in [0.05, 0.1) is 63.6 Å². The van der Waals surface area contributed by atoms with Gasteiger partial charge in [0.25, 0.3) is 17.7 Å². The van der Waals surface area contributed by atoms with Gasteiger partial charge in [-0.05, 0) is 90.8 Å². The van der Waals surface area contributed by atoms with Crippen LogP contribution in [0.15, 0.2) is 107 Å². The SMILES string of the molecule is COc1ccc(C2=CN3C(=O)c4cc(OC)c(OCCCOc5cc6c(cc5OC)C(O)N5C=C(c7ccc(NC(=O)[C@H](C)NC(=O)[C@@H](NC(=O)CCCCCN8C(=O)C=CC8=O)C(C)C)cc7)C[C@H]5C=N6)cc4N=C[C@@H]3C2)cc1. The predicted octanol–water partition coefficient (Wildman–Crippen LogP) is 7.42. The monoisotopic (exact) mass is 1090 g/mol. The van der Waals surface area contributed by atoms with E-state index in [-0.39, 0.29) is 67.8 Å². The van der Waals surface area contributed by atoms with Crippen molar-refractivity contribution in [1.29, 1.82) is 0 Å². The van der Waals surface area contributed by atoms with E-state index in [0.717, 1.165) is 28.0 Å². The summed E-state index contributed by atoms with van der Waals surface area (Å²) in [6.45, 7) is 6.00. The molecule has 418 valence electrons. The van der Waals surface area contributed by atoms with E-state index in [1.54, 1.807) is 81.6 Å². The first-order valence-electron chi connectivity index (χ1n) is 26.8. The molecule has 20 heteroatoms. The Labute approximate surface area is 464 Å². The maximum Gasteiger partial charge on any atom is 0.260 e. The van der Waals surface area contributed by atoms with Gasteiger partial charge in [0, 0.05) is 86.2 Å². The molecule has 5 aliphatic heterocycles. The Morgan fingerprint density at radius 1 is 0.675 bits per heavy atom. The van der Waals surface area contributed by atoms with Gasteiger partial charge in [-0.25, -0.2) is 0 Å². The van der Waals surface area contributed by atoms with Gasteiger partial charge in [-0.3, -0.25) is 43.7 Å². The summed E-state index contributed by atoms with van der Waals surface area (Å²) >= 11 is 0. The minimum atomic E-state index is -1.05. The molecule has 20 nitrogen and oxygen atoms in total. The van der Waals surface area contributed by atoms with Crippen molar-refractivity contribution in [3.8, 4) is 28.7 Å². The second kappa shape index (κ2) is 24.9. The van der Waals surface area contributed by atoms with E-state index in [2.05, 4.69) is 16.0 Å². The Morgan fingerprint density at radius 2 is 1.29 bits per heavy atom. The molecule has 0 spiro atoms. The fourth-order valence-corrected chi connectivity index (χ4v) is 10.1. The summed E-state index contributed by atoms with van der Waals surface area (Å²) < 4.78 is 29.1. The summed E-state index contributed by atoms with van der Waals surface area (Å²) in [5.41, 5.74) is 6.38. The molecule has 9 rings (SSSR count). The molecule has 0 bridgehead atoms. The Morgan fingerprint density at radius 3 is 1.95 bits per heavy atom. The van der Waals surface area contributed by atoms with Crippen molar-refractivity contribution < 1.29 is 57.6 Å². The van der Waals surface area contributed by atoms with Crippen LogP contribution in [-0.2, 0) is 24.0 Å². The van der Waals surface area contributed by atoms with Crippen LogP contribution < -0.4 is 39.6 Å². The summed E-state index contributed by atoms with van der Waals surface area (Å²) in [6, 6.07) is 19.7. The van der Waals surface area contributed by atoms with Gasteiger partial charge in [-0.1, -0.05) is 44.5 Å². The first-order valence-corrected chi connectivity index (χ1v) is 26.8. The molecule has 1 unspecified atom stereocenters. The normalized spacial score (nSPS) is 18.5. The number of nitrogens with one attached hydrogen (secondary N) is 3. The number of methoxy groups -OCH3 is 3. The molecule has 4 aromatic rings. The number of carbonyl (C=O) groups excluding carboxylic acids is 6. The lowest BCUT2D eigenvalue weighted by molar-refractivity contribution is -0.137. The molecule has 4 N–H and O–H groups in total. The first kappa shape index (κ1) is 56.0. The van der Waals surface area contributed by atoms with E-state index >= 15 is 0 Å². The van der Waals surface area contributed by atoms with Crippen LogP contribution >= 0.6 is 0 Å². The number of nitrogens with zero attached hydrogens (tertiary/aromatic N) is 5. The summed E-state index contributed by atoms with van der Waals surface area (Å²) in [5, 5.41) is 20.1. The molecule has 0 radical (unpaired) electrons. The highest BCUT2D eigenvalue weighted by atomic mass is 16.5. The number of benzene rings is 4. The molecule has 0 saturated carbocycles. The zero-order valence-corrected chi connectivity index (χ0v) is 45.6. The van der Waals surface area contributed by atoms with Crippen LogP contribution in [0.25, 0.3) is 11.1 Å².